The van der Waals surface area contributed by atoms with E-state index in [2.05, 4.69) is 10.3 Å². The molecule has 1 saturated heterocycles. The summed E-state index contributed by atoms with van der Waals surface area (Å²) in [6.07, 6.45) is 9.66. The number of benzene rings is 1. The van der Waals surface area contributed by atoms with Crippen molar-refractivity contribution in [2.24, 2.45) is 0 Å². The molecule has 1 fully saturated rings. The Bertz CT molecular complexity index is 1040. The number of imidazole rings is 1. The van der Waals surface area contributed by atoms with E-state index in [0.29, 0.717) is 28.2 Å². The number of nitrogens with zero attached hydrogens (tertiary/aromatic N) is 3. The molecule has 4 rings (SSSR count). The minimum Gasteiger partial charge on any atom is -0.495 e. The van der Waals surface area contributed by atoms with Crippen LogP contribution in [0.3, 0.4) is 0 Å². The zero-order valence-electron chi connectivity index (χ0n) is 16.4. The number of carbonyl (C=O) groups is 2. The Balaban J connectivity index is 1.57. The minimum atomic E-state index is -0.284. The van der Waals surface area contributed by atoms with Crippen molar-refractivity contribution in [2.75, 3.05) is 25.5 Å². The quantitative estimate of drug-likeness (QED) is 0.736. The number of anilines is 1. The summed E-state index contributed by atoms with van der Waals surface area (Å²) >= 11 is 0. The summed E-state index contributed by atoms with van der Waals surface area (Å²) in [5.41, 5.74) is 2.19. The van der Waals surface area contributed by atoms with E-state index in [0.717, 1.165) is 38.8 Å². The number of amides is 2. The maximum absolute atomic E-state index is 12.9. The molecule has 0 radical (unpaired) electrons. The van der Waals surface area contributed by atoms with Gasteiger partial charge >= 0.3 is 0 Å². The van der Waals surface area contributed by atoms with Gasteiger partial charge in [-0.1, -0.05) is 12.8 Å². The van der Waals surface area contributed by atoms with Crippen molar-refractivity contribution in [3.63, 3.8) is 0 Å². The second-order valence-corrected chi connectivity index (χ2v) is 7.18. The van der Waals surface area contributed by atoms with E-state index in [1.54, 1.807) is 42.7 Å². The second-order valence-electron chi connectivity index (χ2n) is 7.18. The molecule has 0 spiro atoms. The first-order valence-electron chi connectivity index (χ1n) is 9.87. The highest BCUT2D eigenvalue weighted by molar-refractivity contribution is 6.06. The number of nitrogens with one attached hydrogen (secondary N) is 1. The molecule has 1 aliphatic rings. The normalized spacial score (nSPS) is 14.4. The average Bonchev–Trinajstić information content (AvgIpc) is 3.05. The van der Waals surface area contributed by atoms with Crippen LogP contribution in [0.15, 0.2) is 48.9 Å². The third-order valence-corrected chi connectivity index (χ3v) is 5.25. The van der Waals surface area contributed by atoms with Crippen LogP contribution in [0.4, 0.5) is 5.69 Å². The highest BCUT2D eigenvalue weighted by Gasteiger charge is 2.19. The van der Waals surface area contributed by atoms with Crippen molar-refractivity contribution in [3.8, 4) is 5.75 Å². The van der Waals surface area contributed by atoms with Crippen LogP contribution in [-0.4, -0.2) is 46.3 Å². The molecule has 2 aromatic heterocycles. The maximum Gasteiger partial charge on any atom is 0.255 e. The van der Waals surface area contributed by atoms with Crippen molar-refractivity contribution < 1.29 is 14.3 Å². The van der Waals surface area contributed by atoms with Gasteiger partial charge in [-0.2, -0.15) is 0 Å². The molecule has 0 saturated carbocycles. The highest BCUT2D eigenvalue weighted by Crippen LogP contribution is 2.27. The van der Waals surface area contributed by atoms with Gasteiger partial charge in [-0.05, 0) is 43.2 Å². The predicted octanol–water partition coefficient (Wildman–Crippen LogP) is 3.61. The van der Waals surface area contributed by atoms with Crippen LogP contribution in [0.1, 0.15) is 46.4 Å². The molecule has 0 bridgehead atoms. The molecule has 3 heterocycles. The van der Waals surface area contributed by atoms with Crippen LogP contribution < -0.4 is 10.1 Å². The topological polar surface area (TPSA) is 75.9 Å². The Kier molecular flexibility index (Phi) is 5.46. The Morgan fingerprint density at radius 2 is 1.79 bits per heavy atom. The number of carbonyl (C=O) groups excluding carboxylic acids is 2. The first-order valence-corrected chi connectivity index (χ1v) is 9.87. The monoisotopic (exact) mass is 392 g/mol. The number of hydrogen-bond acceptors (Lipinski definition) is 4. The van der Waals surface area contributed by atoms with Gasteiger partial charge in [0.25, 0.3) is 11.8 Å². The first-order chi connectivity index (χ1) is 14.2. The number of aromatic nitrogens is 2. The lowest BCUT2D eigenvalue weighted by molar-refractivity contribution is 0.0761. The van der Waals surface area contributed by atoms with Gasteiger partial charge in [-0.15, -0.1) is 0 Å². The molecule has 7 heteroatoms. The van der Waals surface area contributed by atoms with E-state index in [1.807, 2.05) is 15.5 Å². The Hall–Kier alpha value is -3.35. The Labute approximate surface area is 169 Å². The number of fused-ring (bicyclic) bond motifs is 1. The lowest BCUT2D eigenvalue weighted by Crippen LogP contribution is -2.31. The van der Waals surface area contributed by atoms with Crippen molar-refractivity contribution >= 4 is 23.1 Å². The zero-order chi connectivity index (χ0) is 20.2. The number of pyridine rings is 1. The van der Waals surface area contributed by atoms with Crippen LogP contribution >= 0.6 is 0 Å². The lowest BCUT2D eigenvalue weighted by Gasteiger charge is -2.21. The van der Waals surface area contributed by atoms with Gasteiger partial charge in [-0.3, -0.25) is 9.59 Å². The molecule has 2 amide bonds. The van der Waals surface area contributed by atoms with Gasteiger partial charge in [-0.25, -0.2) is 4.98 Å². The smallest absolute Gasteiger partial charge is 0.255 e. The van der Waals surface area contributed by atoms with Gasteiger partial charge in [0.05, 0.1) is 12.8 Å². The summed E-state index contributed by atoms with van der Waals surface area (Å²) < 4.78 is 7.22. The maximum atomic E-state index is 12.9. The summed E-state index contributed by atoms with van der Waals surface area (Å²) in [4.78, 5) is 31.8. The van der Waals surface area contributed by atoms with Gasteiger partial charge in [0.1, 0.15) is 11.4 Å². The third-order valence-electron chi connectivity index (χ3n) is 5.25. The molecule has 1 N–H and O–H groups in total. The summed E-state index contributed by atoms with van der Waals surface area (Å²) in [7, 11) is 1.54. The molecule has 1 aliphatic heterocycles. The molecule has 1 aromatic carbocycles. The van der Waals surface area contributed by atoms with Gasteiger partial charge < -0.3 is 19.4 Å². The van der Waals surface area contributed by atoms with E-state index in [4.69, 9.17) is 4.74 Å². The first kappa shape index (κ1) is 19.0. The van der Waals surface area contributed by atoms with Crippen LogP contribution in [0.25, 0.3) is 5.65 Å². The second kappa shape index (κ2) is 8.34. The average molecular weight is 392 g/mol. The van der Waals surface area contributed by atoms with E-state index in [-0.39, 0.29) is 11.8 Å². The lowest BCUT2D eigenvalue weighted by atomic mass is 10.1. The van der Waals surface area contributed by atoms with Crippen molar-refractivity contribution in [2.45, 2.75) is 25.7 Å². The number of rotatable bonds is 4. The number of ether oxygens (including phenoxy) is 1. The Morgan fingerprint density at radius 1 is 1.00 bits per heavy atom. The minimum absolute atomic E-state index is 0.0103. The summed E-state index contributed by atoms with van der Waals surface area (Å²) in [6.45, 7) is 1.55. The van der Waals surface area contributed by atoms with E-state index in [1.165, 1.54) is 7.11 Å². The fraction of sp³-hybridized carbons (Fsp3) is 0.318. The standard InChI is InChI=1S/C22H24N4O3/c1-29-19-7-6-17(22(28)26-10-4-2-3-5-11-26)14-18(19)24-21(27)16-8-12-25-13-9-23-20(25)15-16/h6-9,12-15H,2-5,10-11H2,1H3,(H,24,27). The van der Waals surface area contributed by atoms with E-state index in [9.17, 15) is 9.59 Å². The molecule has 29 heavy (non-hydrogen) atoms. The molecule has 150 valence electrons. The van der Waals surface area contributed by atoms with Crippen LogP contribution in [0.2, 0.25) is 0 Å². The van der Waals surface area contributed by atoms with Crippen molar-refractivity contribution in [1.29, 1.82) is 0 Å². The van der Waals surface area contributed by atoms with Crippen molar-refractivity contribution in [1.82, 2.24) is 14.3 Å². The zero-order valence-corrected chi connectivity index (χ0v) is 16.4. The number of likely N-dealkylation sites (tertiary alicyclic amines) is 1. The predicted molar refractivity (Wildman–Crippen MR) is 111 cm³/mol. The summed E-state index contributed by atoms with van der Waals surface area (Å²) in [5.74, 6) is 0.213. The van der Waals surface area contributed by atoms with Crippen molar-refractivity contribution in [3.05, 3.63) is 60.0 Å². The van der Waals surface area contributed by atoms with Gasteiger partial charge in [0.2, 0.25) is 0 Å². The van der Waals surface area contributed by atoms with Crippen LogP contribution in [-0.2, 0) is 0 Å². The largest absolute Gasteiger partial charge is 0.495 e. The molecular formula is C22H24N4O3. The van der Waals surface area contributed by atoms with E-state index < -0.39 is 0 Å². The third kappa shape index (κ3) is 4.08. The van der Waals surface area contributed by atoms with Crippen LogP contribution in [0, 0.1) is 0 Å². The summed E-state index contributed by atoms with van der Waals surface area (Å²) in [5, 5.41) is 2.87. The highest BCUT2D eigenvalue weighted by atomic mass is 16.5. The number of methoxy groups -OCH3 is 1. The van der Waals surface area contributed by atoms with Gasteiger partial charge in [0, 0.05) is 42.8 Å². The molecule has 0 aliphatic carbocycles. The molecule has 0 atom stereocenters. The van der Waals surface area contributed by atoms with E-state index >= 15 is 0 Å². The van der Waals surface area contributed by atoms with Gasteiger partial charge in [0.15, 0.2) is 0 Å². The molecule has 0 unspecified atom stereocenters. The SMILES string of the molecule is COc1ccc(C(=O)N2CCCCCC2)cc1NC(=O)c1ccn2ccnc2c1. The number of hydrogen-bond donors (Lipinski definition) is 1. The van der Waals surface area contributed by atoms with Crippen LogP contribution in [0.5, 0.6) is 5.75 Å². The fourth-order valence-corrected chi connectivity index (χ4v) is 3.64. The Morgan fingerprint density at radius 3 is 2.55 bits per heavy atom. The molecular weight excluding hydrogens is 368 g/mol. The summed E-state index contributed by atoms with van der Waals surface area (Å²) in [6, 6.07) is 8.60. The fourth-order valence-electron chi connectivity index (χ4n) is 3.64. The molecule has 7 nitrogen and oxygen atoms in total. The molecule has 3 aromatic rings.